The maximum absolute atomic E-state index is 12.1. The highest BCUT2D eigenvalue weighted by Crippen LogP contribution is 2.18. The molecule has 1 atom stereocenters. The fourth-order valence-corrected chi connectivity index (χ4v) is 2.26. The lowest BCUT2D eigenvalue weighted by Gasteiger charge is -2.22. The molecule has 0 radical (unpaired) electrons. The number of piperidine rings is 1. The molecule has 2 rings (SSSR count). The summed E-state index contributed by atoms with van der Waals surface area (Å²) in [5, 5.41) is 6.32. The molecule has 1 amide bonds. The third-order valence-corrected chi connectivity index (χ3v) is 3.32. The summed E-state index contributed by atoms with van der Waals surface area (Å²) in [6.45, 7) is 3.95. The predicted octanol–water partition coefficient (Wildman–Crippen LogP) is 2.19. The van der Waals surface area contributed by atoms with Crippen LogP contribution >= 0.6 is 0 Å². The first-order valence-corrected chi connectivity index (χ1v) is 6.40. The Balaban J connectivity index is 2.01. The van der Waals surface area contributed by atoms with E-state index in [1.165, 1.54) is 5.56 Å². The van der Waals surface area contributed by atoms with Gasteiger partial charge in [-0.1, -0.05) is 25.1 Å². The Morgan fingerprint density at radius 2 is 2.29 bits per heavy atom. The highest BCUT2D eigenvalue weighted by molar-refractivity contribution is 5.93. The van der Waals surface area contributed by atoms with Gasteiger partial charge in [0.15, 0.2) is 0 Å². The van der Waals surface area contributed by atoms with E-state index < -0.39 is 0 Å². The van der Waals surface area contributed by atoms with Crippen molar-refractivity contribution in [2.45, 2.75) is 26.2 Å². The van der Waals surface area contributed by atoms with Crippen molar-refractivity contribution in [2.75, 3.05) is 18.4 Å². The third-order valence-electron chi connectivity index (χ3n) is 3.32. The third kappa shape index (κ3) is 3.07. The molecule has 0 spiro atoms. The minimum absolute atomic E-state index is 0.119. The summed E-state index contributed by atoms with van der Waals surface area (Å²) < 4.78 is 0. The normalized spacial score (nSPS) is 19.9. The smallest absolute Gasteiger partial charge is 0.228 e. The van der Waals surface area contributed by atoms with Crippen LogP contribution < -0.4 is 10.6 Å². The van der Waals surface area contributed by atoms with Crippen molar-refractivity contribution >= 4 is 11.6 Å². The Kier molecular flexibility index (Phi) is 4.15. The number of carbonyl (C=O) groups is 1. The van der Waals surface area contributed by atoms with Crippen LogP contribution in [0.25, 0.3) is 0 Å². The van der Waals surface area contributed by atoms with Crippen LogP contribution in [0.15, 0.2) is 24.3 Å². The van der Waals surface area contributed by atoms with E-state index in [2.05, 4.69) is 23.6 Å². The zero-order chi connectivity index (χ0) is 12.1. The first kappa shape index (κ1) is 12.1. The SMILES string of the molecule is CCc1ccccc1NC(=O)C1CCCNC1. The van der Waals surface area contributed by atoms with Crippen LogP contribution in [0.5, 0.6) is 0 Å². The van der Waals surface area contributed by atoms with Gasteiger partial charge < -0.3 is 10.6 Å². The predicted molar refractivity (Wildman–Crippen MR) is 70.0 cm³/mol. The van der Waals surface area contributed by atoms with E-state index in [-0.39, 0.29) is 11.8 Å². The van der Waals surface area contributed by atoms with E-state index in [0.717, 1.165) is 38.0 Å². The Hall–Kier alpha value is -1.35. The first-order chi connectivity index (χ1) is 8.31. The molecule has 2 N–H and O–H groups in total. The average Bonchev–Trinajstić information content (AvgIpc) is 2.40. The molecule has 0 saturated carbocycles. The maximum atomic E-state index is 12.1. The van der Waals surface area contributed by atoms with Crippen molar-refractivity contribution < 1.29 is 4.79 Å². The van der Waals surface area contributed by atoms with Crippen LogP contribution in [0.2, 0.25) is 0 Å². The summed E-state index contributed by atoms with van der Waals surface area (Å²) in [6, 6.07) is 8.02. The van der Waals surface area contributed by atoms with Crippen molar-refractivity contribution in [3.63, 3.8) is 0 Å². The number of benzene rings is 1. The minimum Gasteiger partial charge on any atom is -0.326 e. The lowest BCUT2D eigenvalue weighted by Crippen LogP contribution is -2.37. The van der Waals surface area contributed by atoms with Crippen LogP contribution in [-0.4, -0.2) is 19.0 Å². The second kappa shape index (κ2) is 5.82. The lowest BCUT2D eigenvalue weighted by molar-refractivity contribution is -0.120. The van der Waals surface area contributed by atoms with Gasteiger partial charge in [0.25, 0.3) is 0 Å². The zero-order valence-electron chi connectivity index (χ0n) is 10.3. The molecule has 1 aromatic carbocycles. The molecule has 1 unspecified atom stereocenters. The second-order valence-electron chi connectivity index (χ2n) is 4.54. The Bertz CT molecular complexity index is 384. The number of para-hydroxylation sites is 1. The fraction of sp³-hybridized carbons (Fsp3) is 0.500. The van der Waals surface area contributed by atoms with E-state index in [4.69, 9.17) is 0 Å². The van der Waals surface area contributed by atoms with Gasteiger partial charge in [-0.3, -0.25) is 4.79 Å². The largest absolute Gasteiger partial charge is 0.326 e. The van der Waals surface area contributed by atoms with Crippen molar-refractivity contribution in [2.24, 2.45) is 5.92 Å². The number of aryl methyl sites for hydroxylation is 1. The Morgan fingerprint density at radius 3 is 3.00 bits per heavy atom. The summed E-state index contributed by atoms with van der Waals surface area (Å²) in [5.74, 6) is 0.270. The number of anilines is 1. The molecule has 1 fully saturated rings. The van der Waals surface area contributed by atoms with Gasteiger partial charge >= 0.3 is 0 Å². The number of carbonyl (C=O) groups excluding carboxylic acids is 1. The van der Waals surface area contributed by atoms with Crippen LogP contribution in [0.4, 0.5) is 5.69 Å². The van der Waals surface area contributed by atoms with Gasteiger partial charge in [0.2, 0.25) is 5.91 Å². The number of rotatable bonds is 3. The molecule has 0 aromatic heterocycles. The maximum Gasteiger partial charge on any atom is 0.228 e. The lowest BCUT2D eigenvalue weighted by atomic mass is 9.98. The summed E-state index contributed by atoms with van der Waals surface area (Å²) in [4.78, 5) is 12.1. The summed E-state index contributed by atoms with van der Waals surface area (Å²) in [7, 11) is 0. The van der Waals surface area contributed by atoms with E-state index in [1.54, 1.807) is 0 Å². The van der Waals surface area contributed by atoms with Crippen molar-refractivity contribution in [1.82, 2.24) is 5.32 Å². The van der Waals surface area contributed by atoms with Crippen LogP contribution in [0, 0.1) is 5.92 Å². The van der Waals surface area contributed by atoms with Gasteiger partial charge in [-0.2, -0.15) is 0 Å². The number of hydrogen-bond donors (Lipinski definition) is 2. The monoisotopic (exact) mass is 232 g/mol. The van der Waals surface area contributed by atoms with Crippen molar-refractivity contribution in [3.8, 4) is 0 Å². The fourth-order valence-electron chi connectivity index (χ4n) is 2.26. The first-order valence-electron chi connectivity index (χ1n) is 6.40. The molecule has 1 aromatic rings. The molecule has 1 heterocycles. The summed E-state index contributed by atoms with van der Waals surface area (Å²) in [5.41, 5.74) is 2.16. The van der Waals surface area contributed by atoms with E-state index in [0.29, 0.717) is 0 Å². The average molecular weight is 232 g/mol. The number of hydrogen-bond acceptors (Lipinski definition) is 2. The van der Waals surface area contributed by atoms with E-state index in [9.17, 15) is 4.79 Å². The van der Waals surface area contributed by atoms with Crippen molar-refractivity contribution in [3.05, 3.63) is 29.8 Å². The standard InChI is InChI=1S/C14H20N2O/c1-2-11-6-3-4-8-13(11)16-14(17)12-7-5-9-15-10-12/h3-4,6,8,12,15H,2,5,7,9-10H2,1H3,(H,16,17). The zero-order valence-corrected chi connectivity index (χ0v) is 10.3. The Morgan fingerprint density at radius 1 is 1.47 bits per heavy atom. The van der Waals surface area contributed by atoms with E-state index in [1.807, 2.05) is 18.2 Å². The van der Waals surface area contributed by atoms with E-state index >= 15 is 0 Å². The summed E-state index contributed by atoms with van der Waals surface area (Å²) >= 11 is 0. The van der Waals surface area contributed by atoms with Crippen molar-refractivity contribution in [1.29, 1.82) is 0 Å². The summed E-state index contributed by atoms with van der Waals surface area (Å²) in [6.07, 6.45) is 3.03. The quantitative estimate of drug-likeness (QED) is 0.838. The molecule has 0 aliphatic carbocycles. The Labute approximate surface area is 103 Å². The highest BCUT2D eigenvalue weighted by atomic mass is 16.1. The van der Waals surface area contributed by atoms with Crippen LogP contribution in [-0.2, 0) is 11.2 Å². The molecule has 1 aliphatic rings. The molecular weight excluding hydrogens is 212 g/mol. The molecular formula is C14H20N2O. The van der Waals surface area contributed by atoms with Gasteiger partial charge in [0.1, 0.15) is 0 Å². The van der Waals surface area contributed by atoms with Gasteiger partial charge in [-0.15, -0.1) is 0 Å². The van der Waals surface area contributed by atoms with Gasteiger partial charge in [-0.05, 0) is 37.4 Å². The topological polar surface area (TPSA) is 41.1 Å². The number of nitrogens with one attached hydrogen (secondary N) is 2. The van der Waals surface area contributed by atoms with Crippen LogP contribution in [0.1, 0.15) is 25.3 Å². The van der Waals surface area contributed by atoms with Gasteiger partial charge in [0, 0.05) is 12.2 Å². The minimum atomic E-state index is 0.119. The molecule has 1 saturated heterocycles. The molecule has 92 valence electrons. The molecule has 3 nitrogen and oxygen atoms in total. The molecule has 1 aliphatic heterocycles. The molecule has 0 bridgehead atoms. The number of amides is 1. The van der Waals surface area contributed by atoms with Gasteiger partial charge in [0.05, 0.1) is 5.92 Å². The van der Waals surface area contributed by atoms with Gasteiger partial charge in [-0.25, -0.2) is 0 Å². The van der Waals surface area contributed by atoms with Crippen LogP contribution in [0.3, 0.4) is 0 Å². The second-order valence-corrected chi connectivity index (χ2v) is 4.54. The highest BCUT2D eigenvalue weighted by Gasteiger charge is 2.21. The molecule has 3 heteroatoms. The molecule has 17 heavy (non-hydrogen) atoms.